The topological polar surface area (TPSA) is 50.9 Å². The number of anilines is 3. The normalized spacial score (nSPS) is 10.3. The van der Waals surface area contributed by atoms with E-state index < -0.39 is 0 Å². The fourth-order valence-electron chi connectivity index (χ4n) is 1.28. The second-order valence-electron chi connectivity index (χ2n) is 3.34. The molecule has 2 aromatic rings. The van der Waals surface area contributed by atoms with Crippen LogP contribution in [0.1, 0.15) is 0 Å². The van der Waals surface area contributed by atoms with Crippen LogP contribution in [0, 0.1) is 5.82 Å². The number of benzene rings is 1. The lowest BCUT2D eigenvalue weighted by Gasteiger charge is -2.09. The summed E-state index contributed by atoms with van der Waals surface area (Å²) in [5.41, 5.74) is 6.36. The highest BCUT2D eigenvalue weighted by atomic mass is 79.9. The van der Waals surface area contributed by atoms with Gasteiger partial charge >= 0.3 is 0 Å². The lowest BCUT2D eigenvalue weighted by Crippen LogP contribution is -2.00. The zero-order valence-corrected chi connectivity index (χ0v) is 10.9. The fraction of sp³-hybridized carbons (Fsp3) is 0. The van der Waals surface area contributed by atoms with Crippen LogP contribution in [-0.4, -0.2) is 4.98 Å². The number of nitrogens with zero attached hydrogens (tertiary/aromatic N) is 1. The predicted octanol–water partition coefficient (Wildman–Crippen LogP) is 3.96. The summed E-state index contributed by atoms with van der Waals surface area (Å²) >= 11 is 8.98. The van der Waals surface area contributed by atoms with Crippen LogP contribution >= 0.6 is 27.5 Å². The summed E-state index contributed by atoms with van der Waals surface area (Å²) in [6.07, 6.45) is 1.44. The van der Waals surface area contributed by atoms with Gasteiger partial charge in [-0.1, -0.05) is 27.5 Å². The predicted molar refractivity (Wildman–Crippen MR) is 71.0 cm³/mol. The van der Waals surface area contributed by atoms with E-state index in [9.17, 15) is 4.39 Å². The average Bonchev–Trinajstić information content (AvgIpc) is 2.27. The molecule has 0 unspecified atom stereocenters. The van der Waals surface area contributed by atoms with Crippen molar-refractivity contribution < 1.29 is 4.39 Å². The molecular formula is C11H8BrClFN3. The maximum Gasteiger partial charge on any atom is 0.153 e. The van der Waals surface area contributed by atoms with Gasteiger partial charge in [0.15, 0.2) is 5.82 Å². The first-order valence-electron chi connectivity index (χ1n) is 4.69. The van der Waals surface area contributed by atoms with Crippen molar-refractivity contribution in [2.45, 2.75) is 0 Å². The van der Waals surface area contributed by atoms with Crippen molar-refractivity contribution >= 4 is 44.7 Å². The van der Waals surface area contributed by atoms with E-state index >= 15 is 0 Å². The number of halogens is 3. The summed E-state index contributed by atoms with van der Waals surface area (Å²) in [5.74, 6) is -0.0178. The quantitative estimate of drug-likeness (QED) is 0.881. The van der Waals surface area contributed by atoms with Crippen molar-refractivity contribution in [1.82, 2.24) is 4.98 Å². The first-order chi connectivity index (χ1) is 8.06. The van der Waals surface area contributed by atoms with Crippen molar-refractivity contribution in [3.8, 4) is 0 Å². The second-order valence-corrected chi connectivity index (χ2v) is 4.69. The molecule has 3 nitrogen and oxygen atoms in total. The number of nitrogen functional groups attached to an aromatic ring is 1. The van der Waals surface area contributed by atoms with Gasteiger partial charge in [-0.3, -0.25) is 0 Å². The number of pyridine rings is 1. The van der Waals surface area contributed by atoms with Gasteiger partial charge in [-0.05, 0) is 24.3 Å². The highest BCUT2D eigenvalue weighted by molar-refractivity contribution is 9.10. The molecule has 1 heterocycles. The molecule has 1 aromatic heterocycles. The van der Waals surface area contributed by atoms with Crippen LogP contribution in [0.3, 0.4) is 0 Å². The molecule has 88 valence electrons. The average molecular weight is 317 g/mol. The van der Waals surface area contributed by atoms with Crippen molar-refractivity contribution in [1.29, 1.82) is 0 Å². The molecule has 3 N–H and O–H groups in total. The lowest BCUT2D eigenvalue weighted by atomic mass is 10.3. The first-order valence-corrected chi connectivity index (χ1v) is 5.86. The van der Waals surface area contributed by atoms with Crippen molar-refractivity contribution in [3.05, 3.63) is 45.8 Å². The Balaban J connectivity index is 2.34. The van der Waals surface area contributed by atoms with Crippen LogP contribution < -0.4 is 11.1 Å². The van der Waals surface area contributed by atoms with Gasteiger partial charge in [-0.25, -0.2) is 9.37 Å². The monoisotopic (exact) mass is 315 g/mol. The van der Waals surface area contributed by atoms with Crippen LogP contribution in [0.4, 0.5) is 21.6 Å². The van der Waals surface area contributed by atoms with E-state index in [0.29, 0.717) is 22.2 Å². The Morgan fingerprint density at radius 2 is 2.12 bits per heavy atom. The molecule has 0 amide bonds. The fourth-order valence-corrected chi connectivity index (χ4v) is 1.81. The minimum Gasteiger partial charge on any atom is -0.396 e. The molecule has 0 aliphatic rings. The van der Waals surface area contributed by atoms with E-state index in [2.05, 4.69) is 26.2 Å². The van der Waals surface area contributed by atoms with Gasteiger partial charge in [0, 0.05) is 10.7 Å². The molecule has 0 fully saturated rings. The summed E-state index contributed by atoms with van der Waals surface area (Å²) in [4.78, 5) is 3.99. The molecule has 0 atom stereocenters. The molecule has 0 aliphatic heterocycles. The molecule has 0 aliphatic carbocycles. The molecule has 0 radical (unpaired) electrons. The van der Waals surface area contributed by atoms with E-state index in [-0.39, 0.29) is 5.82 Å². The molecule has 17 heavy (non-hydrogen) atoms. The standard InChI is InChI=1S/C11H8BrClFN3/c12-6-1-2-8(14)10(3-6)17-11-9(15)4-7(13)5-16-11/h1-5H,15H2,(H,16,17). The molecule has 1 aromatic carbocycles. The summed E-state index contributed by atoms with van der Waals surface area (Å²) in [7, 11) is 0. The van der Waals surface area contributed by atoms with Crippen molar-refractivity contribution in [2.24, 2.45) is 0 Å². The number of nitrogens with two attached hydrogens (primary N) is 1. The third kappa shape index (κ3) is 2.87. The second kappa shape index (κ2) is 4.89. The van der Waals surface area contributed by atoms with Gasteiger partial charge in [0.25, 0.3) is 0 Å². The molecule has 2 rings (SSSR count). The van der Waals surface area contributed by atoms with Crippen LogP contribution in [0.2, 0.25) is 5.02 Å². The van der Waals surface area contributed by atoms with Crippen molar-refractivity contribution in [3.63, 3.8) is 0 Å². The maximum atomic E-state index is 13.5. The Morgan fingerprint density at radius 3 is 2.82 bits per heavy atom. The van der Waals surface area contributed by atoms with E-state index in [4.69, 9.17) is 17.3 Å². The van der Waals surface area contributed by atoms with Crippen molar-refractivity contribution in [2.75, 3.05) is 11.1 Å². The summed E-state index contributed by atoms with van der Waals surface area (Å²) < 4.78 is 14.2. The Kier molecular flexibility index (Phi) is 3.49. The van der Waals surface area contributed by atoms with Crippen LogP contribution in [0.15, 0.2) is 34.9 Å². The number of hydrogen-bond acceptors (Lipinski definition) is 3. The smallest absolute Gasteiger partial charge is 0.153 e. The van der Waals surface area contributed by atoms with Gasteiger partial charge in [-0.2, -0.15) is 0 Å². The van der Waals surface area contributed by atoms with Gasteiger partial charge in [-0.15, -0.1) is 0 Å². The largest absolute Gasteiger partial charge is 0.396 e. The van der Waals surface area contributed by atoms with Gasteiger partial charge in [0.2, 0.25) is 0 Å². The molecular weight excluding hydrogens is 308 g/mol. The highest BCUT2D eigenvalue weighted by Crippen LogP contribution is 2.26. The Bertz CT molecular complexity index is 562. The Labute approximate surface area is 111 Å². The number of aromatic nitrogens is 1. The minimum absolute atomic E-state index is 0.292. The maximum absolute atomic E-state index is 13.5. The van der Waals surface area contributed by atoms with E-state index in [1.165, 1.54) is 12.3 Å². The minimum atomic E-state index is -0.385. The molecule has 0 saturated heterocycles. The van der Waals surface area contributed by atoms with E-state index in [1.807, 2.05) is 0 Å². The summed E-state index contributed by atoms with van der Waals surface area (Å²) in [6, 6.07) is 6.11. The molecule has 6 heteroatoms. The van der Waals surface area contributed by atoms with Crippen LogP contribution in [0.25, 0.3) is 0 Å². The molecule has 0 bridgehead atoms. The highest BCUT2D eigenvalue weighted by Gasteiger charge is 2.06. The van der Waals surface area contributed by atoms with Gasteiger partial charge < -0.3 is 11.1 Å². The first kappa shape index (κ1) is 12.1. The van der Waals surface area contributed by atoms with Crippen LogP contribution in [0.5, 0.6) is 0 Å². The SMILES string of the molecule is Nc1cc(Cl)cnc1Nc1cc(Br)ccc1F. The molecule has 0 spiro atoms. The van der Waals surface area contributed by atoms with Gasteiger partial charge in [0.1, 0.15) is 5.82 Å². The third-order valence-electron chi connectivity index (χ3n) is 2.07. The zero-order chi connectivity index (χ0) is 12.4. The van der Waals surface area contributed by atoms with Gasteiger partial charge in [0.05, 0.1) is 16.4 Å². The van der Waals surface area contributed by atoms with E-state index in [0.717, 1.165) is 4.47 Å². The number of hydrogen-bond donors (Lipinski definition) is 2. The van der Waals surface area contributed by atoms with Crippen LogP contribution in [-0.2, 0) is 0 Å². The Hall–Kier alpha value is -1.33. The lowest BCUT2D eigenvalue weighted by molar-refractivity contribution is 0.631. The molecule has 0 saturated carbocycles. The van der Waals surface area contributed by atoms with E-state index in [1.54, 1.807) is 18.2 Å². The Morgan fingerprint density at radius 1 is 1.35 bits per heavy atom. The summed E-state index contributed by atoms with van der Waals surface area (Å²) in [6.45, 7) is 0. The number of rotatable bonds is 2. The third-order valence-corrected chi connectivity index (χ3v) is 2.77. The summed E-state index contributed by atoms with van der Waals surface area (Å²) in [5, 5.41) is 3.24. The zero-order valence-electron chi connectivity index (χ0n) is 8.55. The number of nitrogens with one attached hydrogen (secondary N) is 1.